The van der Waals surface area contributed by atoms with Crippen LogP contribution in [0, 0.1) is 34.5 Å². The summed E-state index contributed by atoms with van der Waals surface area (Å²) >= 11 is 0. The summed E-state index contributed by atoms with van der Waals surface area (Å²) in [5, 5.41) is 8.03. The monoisotopic (exact) mass is 525 g/mol. The number of hydrogen-bond donors (Lipinski definition) is 1. The molecule has 3 saturated carbocycles. The van der Waals surface area contributed by atoms with Crippen LogP contribution in [-0.4, -0.2) is 60.9 Å². The Bertz CT molecular complexity index is 999. The summed E-state index contributed by atoms with van der Waals surface area (Å²) < 4.78 is 5.38. The number of hydrogen-bond acceptors (Lipinski definition) is 6. The van der Waals surface area contributed by atoms with Gasteiger partial charge in [0, 0.05) is 24.9 Å². The highest BCUT2D eigenvalue weighted by atomic mass is 16.7. The number of fused-ring (bicyclic) bond motifs is 5. The standard InChI is InChI=1S/C31H47N3O4/c1-20(33-38-29(36)34(23-18-37-19-23)16-12-22-5-4-15-32-22)26-8-9-27-25-7-6-21-17-24(35)10-13-30(21,2)28(25)11-14-31(26,27)3/h17,22-23,25-28,32H,4-16,18-19H2,1-3H3/b33-20+/t22?,25-,26+,27-,28-,30-,31+/m0/s1. The van der Waals surface area contributed by atoms with Gasteiger partial charge in [0.1, 0.15) is 0 Å². The molecule has 7 atom stereocenters. The average Bonchev–Trinajstić information content (AvgIpc) is 3.51. The first-order valence-electron chi connectivity index (χ1n) is 15.4. The molecule has 5 fully saturated rings. The van der Waals surface area contributed by atoms with Crippen molar-refractivity contribution in [1.82, 2.24) is 10.2 Å². The maximum absolute atomic E-state index is 13.1. The first-order chi connectivity index (χ1) is 18.3. The molecule has 7 nitrogen and oxygen atoms in total. The molecular formula is C31H47N3O4. The van der Waals surface area contributed by atoms with E-state index in [4.69, 9.17) is 9.57 Å². The van der Waals surface area contributed by atoms with Crippen molar-refractivity contribution in [2.75, 3.05) is 26.3 Å². The molecule has 6 aliphatic rings. The molecule has 6 rings (SSSR count). The highest BCUT2D eigenvalue weighted by molar-refractivity contribution is 5.91. The van der Waals surface area contributed by atoms with Crippen LogP contribution >= 0.6 is 0 Å². The van der Waals surface area contributed by atoms with E-state index in [1.165, 1.54) is 44.1 Å². The van der Waals surface area contributed by atoms with Crippen LogP contribution in [0.25, 0.3) is 0 Å². The van der Waals surface area contributed by atoms with E-state index in [0.29, 0.717) is 55.8 Å². The maximum Gasteiger partial charge on any atom is 0.436 e. The summed E-state index contributed by atoms with van der Waals surface area (Å²) in [4.78, 5) is 32.8. The van der Waals surface area contributed by atoms with Crippen molar-refractivity contribution in [3.63, 3.8) is 0 Å². The minimum atomic E-state index is -0.328. The first kappa shape index (κ1) is 26.5. The van der Waals surface area contributed by atoms with E-state index in [-0.39, 0.29) is 23.0 Å². The number of nitrogens with zero attached hydrogens (tertiary/aromatic N) is 2. The van der Waals surface area contributed by atoms with Crippen molar-refractivity contribution >= 4 is 17.6 Å². The van der Waals surface area contributed by atoms with E-state index in [0.717, 1.165) is 43.9 Å². The Morgan fingerprint density at radius 2 is 1.97 bits per heavy atom. The number of nitrogens with one attached hydrogen (secondary N) is 1. The van der Waals surface area contributed by atoms with Gasteiger partial charge < -0.3 is 10.1 Å². The molecule has 0 bridgehead atoms. The Balaban J connectivity index is 1.11. The molecule has 210 valence electrons. The van der Waals surface area contributed by atoms with E-state index < -0.39 is 0 Å². The number of ether oxygens (including phenoxy) is 1. The molecule has 0 aromatic carbocycles. The molecule has 0 spiro atoms. The molecule has 0 aromatic rings. The largest absolute Gasteiger partial charge is 0.436 e. The van der Waals surface area contributed by atoms with Crippen LogP contribution in [0.1, 0.15) is 91.4 Å². The van der Waals surface area contributed by atoms with Gasteiger partial charge in [0.05, 0.1) is 25.0 Å². The molecule has 38 heavy (non-hydrogen) atoms. The van der Waals surface area contributed by atoms with Crippen LogP contribution in [0.3, 0.4) is 0 Å². The average molecular weight is 526 g/mol. The van der Waals surface area contributed by atoms with Crippen molar-refractivity contribution < 1.29 is 19.2 Å². The van der Waals surface area contributed by atoms with E-state index in [2.05, 4.69) is 31.2 Å². The van der Waals surface area contributed by atoms with E-state index in [1.54, 1.807) is 0 Å². The lowest BCUT2D eigenvalue weighted by Crippen LogP contribution is -2.52. The molecule has 0 aromatic heterocycles. The van der Waals surface area contributed by atoms with Gasteiger partial charge in [-0.2, -0.15) is 0 Å². The summed E-state index contributed by atoms with van der Waals surface area (Å²) in [5.74, 6) is 2.79. The summed E-state index contributed by atoms with van der Waals surface area (Å²) in [5.41, 5.74) is 2.83. The van der Waals surface area contributed by atoms with Gasteiger partial charge in [0.2, 0.25) is 0 Å². The highest BCUT2D eigenvalue weighted by Gasteiger charge is 2.59. The molecule has 0 radical (unpaired) electrons. The molecule has 1 amide bonds. The van der Waals surface area contributed by atoms with Crippen molar-refractivity contribution in [2.24, 2.45) is 39.7 Å². The third kappa shape index (κ3) is 4.55. The van der Waals surface area contributed by atoms with Crippen molar-refractivity contribution in [3.05, 3.63) is 11.6 Å². The van der Waals surface area contributed by atoms with Gasteiger partial charge in [-0.05, 0) is 112 Å². The van der Waals surface area contributed by atoms with Crippen LogP contribution in [0.5, 0.6) is 0 Å². The minimum Gasteiger partial charge on any atom is -0.377 e. The summed E-state index contributed by atoms with van der Waals surface area (Å²) in [6, 6.07) is 0.592. The lowest BCUT2D eigenvalue weighted by atomic mass is 9.46. The number of oxime groups is 1. The topological polar surface area (TPSA) is 80.2 Å². The van der Waals surface area contributed by atoms with Crippen LogP contribution in [0.15, 0.2) is 16.8 Å². The zero-order chi connectivity index (χ0) is 26.5. The molecule has 7 heteroatoms. The molecule has 1 N–H and O–H groups in total. The van der Waals surface area contributed by atoms with Crippen LogP contribution in [-0.2, 0) is 14.4 Å². The third-order valence-corrected chi connectivity index (χ3v) is 11.9. The first-order valence-corrected chi connectivity index (χ1v) is 15.4. The Morgan fingerprint density at radius 1 is 1.13 bits per heavy atom. The molecule has 1 unspecified atom stereocenters. The summed E-state index contributed by atoms with van der Waals surface area (Å²) in [6.45, 7) is 9.95. The van der Waals surface area contributed by atoms with Crippen LogP contribution in [0.2, 0.25) is 0 Å². The predicted molar refractivity (Wildman–Crippen MR) is 147 cm³/mol. The number of amides is 1. The molecule has 2 saturated heterocycles. The normalized spacial score (nSPS) is 41.0. The second-order valence-electron chi connectivity index (χ2n) is 13.7. The van der Waals surface area contributed by atoms with Gasteiger partial charge in [-0.3, -0.25) is 14.5 Å². The van der Waals surface area contributed by atoms with Gasteiger partial charge >= 0.3 is 6.09 Å². The fourth-order valence-corrected chi connectivity index (χ4v) is 9.60. The minimum absolute atomic E-state index is 0.102. The zero-order valence-corrected chi connectivity index (χ0v) is 23.7. The van der Waals surface area contributed by atoms with Crippen molar-refractivity contribution in [1.29, 1.82) is 0 Å². The highest BCUT2D eigenvalue weighted by Crippen LogP contribution is 2.66. The van der Waals surface area contributed by atoms with Gasteiger partial charge in [0.25, 0.3) is 0 Å². The zero-order valence-electron chi connectivity index (χ0n) is 23.7. The van der Waals surface area contributed by atoms with Gasteiger partial charge in [-0.1, -0.05) is 24.6 Å². The van der Waals surface area contributed by atoms with E-state index >= 15 is 0 Å². The fraction of sp³-hybridized carbons (Fsp3) is 0.839. The quantitative estimate of drug-likeness (QED) is 0.282. The molecule has 4 aliphatic carbocycles. The predicted octanol–water partition coefficient (Wildman–Crippen LogP) is 5.49. The van der Waals surface area contributed by atoms with Crippen LogP contribution < -0.4 is 5.32 Å². The number of carbonyl (C=O) groups excluding carboxylic acids is 2. The smallest absolute Gasteiger partial charge is 0.377 e. The van der Waals surface area contributed by atoms with Gasteiger partial charge in [-0.15, -0.1) is 0 Å². The third-order valence-electron chi connectivity index (χ3n) is 11.9. The van der Waals surface area contributed by atoms with Gasteiger partial charge in [0.15, 0.2) is 5.78 Å². The maximum atomic E-state index is 13.1. The van der Waals surface area contributed by atoms with Crippen molar-refractivity contribution in [2.45, 2.75) is 103 Å². The second kappa shape index (κ2) is 10.3. The van der Waals surface area contributed by atoms with E-state index in [9.17, 15) is 9.59 Å². The van der Waals surface area contributed by atoms with Gasteiger partial charge in [-0.25, -0.2) is 4.79 Å². The van der Waals surface area contributed by atoms with Crippen LogP contribution in [0.4, 0.5) is 4.79 Å². The molecular weight excluding hydrogens is 478 g/mol. The summed E-state index contributed by atoms with van der Waals surface area (Å²) in [7, 11) is 0. The fourth-order valence-electron chi connectivity index (χ4n) is 9.60. The number of carbonyl (C=O) groups is 2. The lowest BCUT2D eigenvalue weighted by molar-refractivity contribution is -0.117. The Labute approximate surface area is 228 Å². The number of allylic oxidation sites excluding steroid dienone is 1. The number of rotatable bonds is 6. The van der Waals surface area contributed by atoms with E-state index in [1.807, 2.05) is 11.0 Å². The summed E-state index contributed by atoms with van der Waals surface area (Å²) in [6.07, 6.45) is 13.8. The molecule has 2 heterocycles. The lowest BCUT2D eigenvalue weighted by Gasteiger charge is -2.58. The Hall–Kier alpha value is -1.73. The number of ketones is 1. The second-order valence-corrected chi connectivity index (χ2v) is 13.7. The Morgan fingerprint density at radius 3 is 2.71 bits per heavy atom. The van der Waals surface area contributed by atoms with Crippen molar-refractivity contribution in [3.8, 4) is 0 Å². The SMILES string of the molecule is C/C(=N\OC(=O)N(CCC1CCCN1)C1COC1)[C@H]1CC[C@H]2[C@@H]3CCC4=CC(=O)CC[C@]4(C)[C@H]3CC[C@]12C. The Kier molecular flexibility index (Phi) is 7.21. The molecule has 2 aliphatic heterocycles.